The minimum absolute atomic E-state index is 0.191. The second-order valence-corrected chi connectivity index (χ2v) is 5.81. The van der Waals surface area contributed by atoms with Crippen molar-refractivity contribution in [2.24, 2.45) is 0 Å². The second-order valence-electron chi connectivity index (χ2n) is 4.95. The van der Waals surface area contributed by atoms with Gasteiger partial charge in [-0.1, -0.05) is 17.3 Å². The first-order chi connectivity index (χ1) is 11.4. The van der Waals surface area contributed by atoms with Crippen molar-refractivity contribution in [2.45, 2.75) is 19.0 Å². The molecule has 0 aliphatic heterocycles. The molecule has 0 saturated heterocycles. The van der Waals surface area contributed by atoms with Gasteiger partial charge >= 0.3 is 6.18 Å². The largest absolute Gasteiger partial charge is 0.434 e. The molecular formula is C14H12F3N5OS. The molecule has 0 atom stereocenters. The minimum atomic E-state index is -4.43. The molecule has 0 spiro atoms. The number of halogens is 3. The Bertz CT molecular complexity index is 812. The van der Waals surface area contributed by atoms with Crippen LogP contribution in [-0.2, 0) is 19.0 Å². The second kappa shape index (κ2) is 6.48. The highest BCUT2D eigenvalue weighted by Crippen LogP contribution is 2.32. The van der Waals surface area contributed by atoms with Crippen LogP contribution in [0.15, 0.2) is 34.3 Å². The molecule has 1 aromatic carbocycles. The SMILES string of the molecule is Nc1nonc1CCc1ccc(Nc2nc(C(F)(F)F)cs2)cc1. The molecule has 126 valence electrons. The van der Waals surface area contributed by atoms with Gasteiger partial charge < -0.3 is 11.1 Å². The lowest BCUT2D eigenvalue weighted by Gasteiger charge is -2.05. The van der Waals surface area contributed by atoms with Gasteiger partial charge in [-0.05, 0) is 29.3 Å². The van der Waals surface area contributed by atoms with E-state index in [4.69, 9.17) is 5.73 Å². The van der Waals surface area contributed by atoms with Crippen molar-refractivity contribution in [3.05, 3.63) is 46.6 Å². The van der Waals surface area contributed by atoms with Gasteiger partial charge in [0.05, 0.1) is 0 Å². The lowest BCUT2D eigenvalue weighted by atomic mass is 10.1. The van der Waals surface area contributed by atoms with Crippen LogP contribution in [0.5, 0.6) is 0 Å². The van der Waals surface area contributed by atoms with Gasteiger partial charge in [0.1, 0.15) is 5.69 Å². The fourth-order valence-corrected chi connectivity index (χ4v) is 2.73. The Balaban J connectivity index is 1.60. The van der Waals surface area contributed by atoms with Crippen LogP contribution in [0.3, 0.4) is 0 Å². The average Bonchev–Trinajstić information content (AvgIpc) is 3.15. The van der Waals surface area contributed by atoms with Gasteiger partial charge in [0.15, 0.2) is 16.6 Å². The Hall–Kier alpha value is -2.62. The number of aromatic nitrogens is 3. The van der Waals surface area contributed by atoms with Crippen LogP contribution >= 0.6 is 11.3 Å². The zero-order chi connectivity index (χ0) is 17.2. The molecule has 2 aromatic heterocycles. The van der Waals surface area contributed by atoms with E-state index in [0.29, 0.717) is 24.2 Å². The molecule has 0 radical (unpaired) electrons. The predicted octanol–water partition coefficient (Wildman–Crippen LogP) is 3.66. The topological polar surface area (TPSA) is 89.9 Å². The maximum atomic E-state index is 12.5. The number of alkyl halides is 3. The molecule has 0 aliphatic rings. The number of benzene rings is 1. The van der Waals surface area contributed by atoms with Crippen LogP contribution < -0.4 is 11.1 Å². The normalized spacial score (nSPS) is 11.6. The monoisotopic (exact) mass is 355 g/mol. The smallest absolute Gasteiger partial charge is 0.379 e. The van der Waals surface area contributed by atoms with Gasteiger partial charge in [-0.3, -0.25) is 0 Å². The average molecular weight is 355 g/mol. The third-order valence-electron chi connectivity index (χ3n) is 3.24. The number of aryl methyl sites for hydroxylation is 2. The summed E-state index contributed by atoms with van der Waals surface area (Å²) >= 11 is 0.904. The molecule has 0 saturated carbocycles. The van der Waals surface area contributed by atoms with E-state index in [2.05, 4.69) is 25.2 Å². The van der Waals surface area contributed by atoms with Gasteiger partial charge in [-0.15, -0.1) is 11.3 Å². The van der Waals surface area contributed by atoms with E-state index in [1.807, 2.05) is 12.1 Å². The van der Waals surface area contributed by atoms with Crippen molar-refractivity contribution < 1.29 is 17.8 Å². The highest BCUT2D eigenvalue weighted by atomic mass is 32.1. The summed E-state index contributed by atoms with van der Waals surface area (Å²) in [5.41, 5.74) is 6.97. The number of nitrogen functional groups attached to an aromatic ring is 1. The minimum Gasteiger partial charge on any atom is -0.379 e. The number of thiazole rings is 1. The summed E-state index contributed by atoms with van der Waals surface area (Å²) in [6.07, 6.45) is -3.16. The van der Waals surface area contributed by atoms with Crippen molar-refractivity contribution in [3.8, 4) is 0 Å². The van der Waals surface area contributed by atoms with E-state index < -0.39 is 11.9 Å². The zero-order valence-electron chi connectivity index (χ0n) is 12.2. The van der Waals surface area contributed by atoms with Crippen molar-refractivity contribution >= 4 is 28.0 Å². The molecule has 3 rings (SSSR count). The third kappa shape index (κ3) is 3.82. The van der Waals surface area contributed by atoms with Crippen molar-refractivity contribution in [3.63, 3.8) is 0 Å². The molecular weight excluding hydrogens is 343 g/mol. The summed E-state index contributed by atoms with van der Waals surface area (Å²) in [7, 11) is 0. The van der Waals surface area contributed by atoms with E-state index in [9.17, 15) is 13.2 Å². The van der Waals surface area contributed by atoms with Crippen molar-refractivity contribution in [1.82, 2.24) is 15.3 Å². The fraction of sp³-hybridized carbons (Fsp3) is 0.214. The van der Waals surface area contributed by atoms with Crippen LogP contribution in [0.2, 0.25) is 0 Å². The summed E-state index contributed by atoms with van der Waals surface area (Å²) in [5.74, 6) is 0.275. The third-order valence-corrected chi connectivity index (χ3v) is 3.99. The number of hydrogen-bond acceptors (Lipinski definition) is 7. The Kier molecular flexibility index (Phi) is 4.38. The molecule has 0 amide bonds. The lowest BCUT2D eigenvalue weighted by Crippen LogP contribution is -2.05. The van der Waals surface area contributed by atoms with Gasteiger partial charge in [0.2, 0.25) is 0 Å². The molecule has 0 bridgehead atoms. The first-order valence-corrected chi connectivity index (χ1v) is 7.75. The van der Waals surface area contributed by atoms with Crippen LogP contribution in [-0.4, -0.2) is 15.3 Å². The number of hydrogen-bond donors (Lipinski definition) is 2. The van der Waals surface area contributed by atoms with Crippen molar-refractivity contribution in [1.29, 1.82) is 0 Å². The number of rotatable bonds is 5. The van der Waals surface area contributed by atoms with Crippen LogP contribution in [0.1, 0.15) is 17.0 Å². The molecule has 0 unspecified atom stereocenters. The first-order valence-electron chi connectivity index (χ1n) is 6.87. The highest BCUT2D eigenvalue weighted by Gasteiger charge is 2.33. The maximum Gasteiger partial charge on any atom is 0.434 e. The number of nitrogens with one attached hydrogen (secondary N) is 1. The molecule has 2 heterocycles. The Morgan fingerprint density at radius 2 is 1.88 bits per heavy atom. The summed E-state index contributed by atoms with van der Waals surface area (Å²) in [6.45, 7) is 0. The van der Waals surface area contributed by atoms with E-state index >= 15 is 0 Å². The predicted molar refractivity (Wildman–Crippen MR) is 83.0 cm³/mol. The standard InChI is InChI=1S/C14H12F3N5OS/c15-14(16,17)11-7-24-13(20-11)19-9-4-1-8(2-5-9)3-6-10-12(18)22-23-21-10/h1-2,4-5,7H,3,6H2,(H2,18,22)(H,19,20). The maximum absolute atomic E-state index is 12.5. The summed E-state index contributed by atoms with van der Waals surface area (Å²) < 4.78 is 42.1. The molecule has 6 nitrogen and oxygen atoms in total. The first kappa shape index (κ1) is 16.2. The van der Waals surface area contributed by atoms with E-state index in [1.54, 1.807) is 12.1 Å². The molecule has 0 aliphatic carbocycles. The Labute approximate surface area is 138 Å². The van der Waals surface area contributed by atoms with E-state index in [-0.39, 0.29) is 10.9 Å². The zero-order valence-corrected chi connectivity index (χ0v) is 13.0. The van der Waals surface area contributed by atoms with Gasteiger partial charge in [0, 0.05) is 17.5 Å². The van der Waals surface area contributed by atoms with Crippen molar-refractivity contribution in [2.75, 3.05) is 11.1 Å². The summed E-state index contributed by atoms with van der Waals surface area (Å²) in [4.78, 5) is 3.52. The van der Waals surface area contributed by atoms with E-state index in [1.165, 1.54) is 0 Å². The van der Waals surface area contributed by atoms with Crippen LogP contribution in [0.25, 0.3) is 0 Å². The van der Waals surface area contributed by atoms with Crippen LogP contribution in [0, 0.1) is 0 Å². The Morgan fingerprint density at radius 1 is 1.12 bits per heavy atom. The number of anilines is 3. The number of nitrogens with zero attached hydrogens (tertiary/aromatic N) is 3. The molecule has 10 heteroatoms. The number of nitrogens with two attached hydrogens (primary N) is 1. The molecule has 24 heavy (non-hydrogen) atoms. The van der Waals surface area contributed by atoms with Gasteiger partial charge in [-0.2, -0.15) is 13.2 Å². The van der Waals surface area contributed by atoms with E-state index in [0.717, 1.165) is 22.3 Å². The summed E-state index contributed by atoms with van der Waals surface area (Å²) in [5, 5.41) is 11.2. The van der Waals surface area contributed by atoms with Gasteiger partial charge in [-0.25, -0.2) is 9.61 Å². The summed E-state index contributed by atoms with van der Waals surface area (Å²) in [6, 6.07) is 7.28. The highest BCUT2D eigenvalue weighted by molar-refractivity contribution is 7.13. The van der Waals surface area contributed by atoms with Gasteiger partial charge in [0.25, 0.3) is 0 Å². The molecule has 3 N–H and O–H groups in total. The fourth-order valence-electron chi connectivity index (χ4n) is 1.99. The quantitative estimate of drug-likeness (QED) is 0.726. The van der Waals surface area contributed by atoms with Crippen LogP contribution in [0.4, 0.5) is 29.8 Å². The Morgan fingerprint density at radius 3 is 2.46 bits per heavy atom. The molecule has 0 fully saturated rings. The molecule has 3 aromatic rings. The lowest BCUT2D eigenvalue weighted by molar-refractivity contribution is -0.140.